The lowest BCUT2D eigenvalue weighted by Crippen LogP contribution is -2.37. The molecule has 1 unspecified atom stereocenters. The van der Waals surface area contributed by atoms with Gasteiger partial charge in [0.05, 0.1) is 23.2 Å². The Morgan fingerprint density at radius 2 is 2.00 bits per heavy atom. The van der Waals surface area contributed by atoms with Crippen LogP contribution in [0.3, 0.4) is 0 Å². The Bertz CT molecular complexity index is 960. The Morgan fingerprint density at radius 1 is 1.23 bits per heavy atom. The molecule has 0 aliphatic rings. The summed E-state index contributed by atoms with van der Waals surface area (Å²) in [6, 6.07) is 10.3. The predicted octanol–water partition coefficient (Wildman–Crippen LogP) is 3.62. The van der Waals surface area contributed by atoms with Crippen LogP contribution in [0.2, 0.25) is 0 Å². The van der Waals surface area contributed by atoms with Gasteiger partial charge in [0, 0.05) is 13.1 Å². The number of aromatic nitrogens is 2. The van der Waals surface area contributed by atoms with Gasteiger partial charge in [0.15, 0.2) is 5.76 Å². The van der Waals surface area contributed by atoms with Crippen LogP contribution in [0.15, 0.2) is 51.9 Å². The van der Waals surface area contributed by atoms with E-state index in [2.05, 4.69) is 0 Å². The zero-order valence-corrected chi connectivity index (χ0v) is 15.3. The molecule has 0 bridgehead atoms. The first-order valence-corrected chi connectivity index (χ1v) is 8.92. The molecule has 1 amide bonds. The molecule has 0 fully saturated rings. The van der Waals surface area contributed by atoms with Crippen molar-refractivity contribution in [1.29, 1.82) is 0 Å². The Kier molecular flexibility index (Phi) is 5.21. The van der Waals surface area contributed by atoms with Crippen LogP contribution in [-0.4, -0.2) is 26.9 Å². The summed E-state index contributed by atoms with van der Waals surface area (Å²) >= 11 is 0. The highest BCUT2D eigenvalue weighted by Gasteiger charge is 2.27. The van der Waals surface area contributed by atoms with Crippen molar-refractivity contribution in [2.45, 2.75) is 39.8 Å². The molecule has 136 valence electrons. The summed E-state index contributed by atoms with van der Waals surface area (Å²) in [7, 11) is 0. The molecule has 0 radical (unpaired) electrons. The molecule has 2 heterocycles. The van der Waals surface area contributed by atoms with E-state index in [4.69, 9.17) is 9.40 Å². The summed E-state index contributed by atoms with van der Waals surface area (Å²) in [5.74, 6) is 0.664. The lowest BCUT2D eigenvalue weighted by molar-refractivity contribution is 0.0658. The number of para-hydroxylation sites is 1. The number of nitrogens with zero attached hydrogens (tertiary/aromatic N) is 3. The minimum absolute atomic E-state index is 0.0687. The van der Waals surface area contributed by atoms with Crippen LogP contribution >= 0.6 is 0 Å². The highest BCUT2D eigenvalue weighted by Crippen LogP contribution is 2.22. The van der Waals surface area contributed by atoms with E-state index in [0.717, 1.165) is 6.42 Å². The SMILES string of the molecule is CCCn1c(C(C)N(CC)C(=O)c2ccco2)nc2ccccc2c1=O. The van der Waals surface area contributed by atoms with Gasteiger partial charge in [0.25, 0.3) is 11.5 Å². The Balaban J connectivity index is 2.11. The zero-order valence-electron chi connectivity index (χ0n) is 15.3. The fraction of sp³-hybridized carbons (Fsp3) is 0.350. The lowest BCUT2D eigenvalue weighted by atomic mass is 10.2. The van der Waals surface area contributed by atoms with Crippen LogP contribution in [0.25, 0.3) is 10.9 Å². The molecule has 26 heavy (non-hydrogen) atoms. The molecule has 6 heteroatoms. The second-order valence-corrected chi connectivity index (χ2v) is 6.19. The summed E-state index contributed by atoms with van der Waals surface area (Å²) < 4.78 is 6.94. The molecule has 3 rings (SSSR count). The fourth-order valence-corrected chi connectivity index (χ4v) is 3.22. The van der Waals surface area contributed by atoms with Crippen molar-refractivity contribution >= 4 is 16.8 Å². The van der Waals surface area contributed by atoms with E-state index in [1.807, 2.05) is 39.0 Å². The van der Waals surface area contributed by atoms with Gasteiger partial charge in [-0.05, 0) is 44.5 Å². The third-order valence-electron chi connectivity index (χ3n) is 4.51. The number of amides is 1. The zero-order chi connectivity index (χ0) is 18.7. The first-order chi connectivity index (χ1) is 12.6. The average Bonchev–Trinajstić information content (AvgIpc) is 3.19. The smallest absolute Gasteiger partial charge is 0.290 e. The normalized spacial score (nSPS) is 12.3. The van der Waals surface area contributed by atoms with E-state index in [9.17, 15) is 9.59 Å². The van der Waals surface area contributed by atoms with Gasteiger partial charge in [-0.15, -0.1) is 0 Å². The summed E-state index contributed by atoms with van der Waals surface area (Å²) in [5, 5.41) is 0.595. The van der Waals surface area contributed by atoms with Gasteiger partial charge in [0.1, 0.15) is 5.82 Å². The number of fused-ring (bicyclic) bond motifs is 1. The van der Waals surface area contributed by atoms with Crippen LogP contribution in [0, 0.1) is 0 Å². The molecular weight excluding hydrogens is 330 g/mol. The highest BCUT2D eigenvalue weighted by atomic mass is 16.3. The van der Waals surface area contributed by atoms with Crippen molar-refractivity contribution in [2.24, 2.45) is 0 Å². The van der Waals surface area contributed by atoms with Crippen LogP contribution < -0.4 is 5.56 Å². The van der Waals surface area contributed by atoms with Gasteiger partial charge >= 0.3 is 0 Å². The van der Waals surface area contributed by atoms with E-state index in [0.29, 0.717) is 29.8 Å². The maximum absolute atomic E-state index is 13.0. The monoisotopic (exact) mass is 353 g/mol. The van der Waals surface area contributed by atoms with E-state index in [1.54, 1.807) is 27.7 Å². The van der Waals surface area contributed by atoms with Gasteiger partial charge in [-0.3, -0.25) is 14.2 Å². The molecule has 0 aliphatic heterocycles. The minimum Gasteiger partial charge on any atom is -0.459 e. The van der Waals surface area contributed by atoms with Crippen LogP contribution in [-0.2, 0) is 6.54 Å². The first-order valence-electron chi connectivity index (χ1n) is 8.92. The molecule has 0 saturated carbocycles. The standard InChI is InChI=1S/C20H23N3O3/c1-4-12-23-18(21-16-10-7-6-9-15(16)19(23)24)14(3)22(5-2)20(25)17-11-8-13-26-17/h6-11,13-14H,4-5,12H2,1-3H3. The molecule has 0 aliphatic carbocycles. The number of carbonyl (C=O) groups is 1. The van der Waals surface area contributed by atoms with Gasteiger partial charge in [-0.1, -0.05) is 19.1 Å². The molecule has 0 N–H and O–H groups in total. The quantitative estimate of drug-likeness (QED) is 0.679. The number of carbonyl (C=O) groups excluding carboxylic acids is 1. The topological polar surface area (TPSA) is 68.3 Å². The Hall–Kier alpha value is -2.89. The largest absolute Gasteiger partial charge is 0.459 e. The average molecular weight is 353 g/mol. The second-order valence-electron chi connectivity index (χ2n) is 6.19. The maximum Gasteiger partial charge on any atom is 0.290 e. The van der Waals surface area contributed by atoms with Crippen molar-refractivity contribution in [3.63, 3.8) is 0 Å². The molecule has 0 spiro atoms. The van der Waals surface area contributed by atoms with Crippen molar-refractivity contribution in [2.75, 3.05) is 6.54 Å². The van der Waals surface area contributed by atoms with Crippen molar-refractivity contribution in [3.8, 4) is 0 Å². The summed E-state index contributed by atoms with van der Waals surface area (Å²) in [6.07, 6.45) is 2.28. The molecule has 6 nitrogen and oxygen atoms in total. The maximum atomic E-state index is 13.0. The third-order valence-corrected chi connectivity index (χ3v) is 4.51. The van der Waals surface area contributed by atoms with Gasteiger partial charge < -0.3 is 9.32 Å². The van der Waals surface area contributed by atoms with Crippen molar-refractivity contribution < 1.29 is 9.21 Å². The number of furan rings is 1. The van der Waals surface area contributed by atoms with E-state index in [-0.39, 0.29) is 23.3 Å². The van der Waals surface area contributed by atoms with E-state index < -0.39 is 0 Å². The lowest BCUT2D eigenvalue weighted by Gasteiger charge is -2.28. The van der Waals surface area contributed by atoms with Crippen LogP contribution in [0.4, 0.5) is 0 Å². The fourth-order valence-electron chi connectivity index (χ4n) is 3.22. The molecular formula is C20H23N3O3. The molecule has 1 atom stereocenters. The minimum atomic E-state index is -0.360. The van der Waals surface area contributed by atoms with E-state index >= 15 is 0 Å². The van der Waals surface area contributed by atoms with Crippen LogP contribution in [0.1, 0.15) is 49.6 Å². The summed E-state index contributed by atoms with van der Waals surface area (Å²) in [4.78, 5) is 32.1. The second kappa shape index (κ2) is 7.56. The number of hydrogen-bond acceptors (Lipinski definition) is 4. The Labute approximate surface area is 152 Å². The highest BCUT2D eigenvalue weighted by molar-refractivity contribution is 5.91. The predicted molar refractivity (Wildman–Crippen MR) is 100 cm³/mol. The molecule has 3 aromatic rings. The Morgan fingerprint density at radius 3 is 2.65 bits per heavy atom. The van der Waals surface area contributed by atoms with Crippen molar-refractivity contribution in [3.05, 3.63) is 64.6 Å². The summed E-state index contributed by atoms with van der Waals surface area (Å²) in [6.45, 7) is 6.85. The van der Waals surface area contributed by atoms with Crippen molar-refractivity contribution in [1.82, 2.24) is 14.5 Å². The molecule has 2 aromatic heterocycles. The third kappa shape index (κ3) is 3.14. The number of rotatable bonds is 6. The first kappa shape index (κ1) is 17.9. The van der Waals surface area contributed by atoms with Gasteiger partial charge in [-0.25, -0.2) is 4.98 Å². The summed E-state index contributed by atoms with van der Waals surface area (Å²) in [5.41, 5.74) is 0.578. The molecule has 0 saturated heterocycles. The van der Waals surface area contributed by atoms with Crippen LogP contribution in [0.5, 0.6) is 0 Å². The number of benzene rings is 1. The molecule has 1 aromatic carbocycles. The van der Waals surface area contributed by atoms with E-state index in [1.165, 1.54) is 6.26 Å². The van der Waals surface area contributed by atoms with Gasteiger partial charge in [-0.2, -0.15) is 0 Å². The number of hydrogen-bond donors (Lipinski definition) is 0. The van der Waals surface area contributed by atoms with Gasteiger partial charge in [0.2, 0.25) is 0 Å².